The van der Waals surface area contributed by atoms with Crippen LogP contribution in [0.5, 0.6) is 0 Å². The Morgan fingerprint density at radius 1 is 0.327 bits per heavy atom. The molecule has 0 atom stereocenters. The van der Waals surface area contributed by atoms with Crippen LogP contribution in [0.4, 0.5) is 0 Å². The van der Waals surface area contributed by atoms with Crippen molar-refractivity contribution in [2.75, 3.05) is 0 Å². The van der Waals surface area contributed by atoms with Crippen LogP contribution >= 0.6 is 0 Å². The maximum absolute atomic E-state index is 5.39. The first-order chi connectivity index (χ1) is 25.8. The van der Waals surface area contributed by atoms with Gasteiger partial charge in [-0.25, -0.2) is 9.97 Å². The molecule has 4 heteroatoms. The highest BCUT2D eigenvalue weighted by atomic mass is 15.1. The Morgan fingerprint density at radius 3 is 1.56 bits per heavy atom. The zero-order chi connectivity index (χ0) is 34.2. The summed E-state index contributed by atoms with van der Waals surface area (Å²) in [4.78, 5) is 10.7. The second kappa shape index (κ2) is 11.2. The number of hydrogen-bond acceptors (Lipinski definition) is 2. The molecule has 0 fully saturated rings. The fraction of sp³-hybridized carbons (Fsp3) is 0. The van der Waals surface area contributed by atoms with Gasteiger partial charge in [0.05, 0.1) is 27.8 Å². The smallest absolute Gasteiger partial charge is 0.162 e. The van der Waals surface area contributed by atoms with Crippen molar-refractivity contribution in [1.29, 1.82) is 0 Å². The molecule has 0 radical (unpaired) electrons. The van der Waals surface area contributed by atoms with Crippen molar-refractivity contribution in [2.24, 2.45) is 0 Å². The van der Waals surface area contributed by atoms with Crippen LogP contribution in [0.15, 0.2) is 182 Å². The van der Waals surface area contributed by atoms with Crippen LogP contribution in [0, 0.1) is 0 Å². The van der Waals surface area contributed by atoms with Gasteiger partial charge in [-0.05, 0) is 70.1 Å². The highest BCUT2D eigenvalue weighted by molar-refractivity contribution is 6.19. The molecule has 0 bridgehead atoms. The molecule has 0 unspecified atom stereocenters. The minimum Gasteiger partial charge on any atom is -0.309 e. The highest BCUT2D eigenvalue weighted by Crippen LogP contribution is 2.40. The van der Waals surface area contributed by atoms with Crippen molar-refractivity contribution in [1.82, 2.24) is 19.1 Å². The predicted octanol–water partition coefficient (Wildman–Crippen LogP) is 12.3. The van der Waals surface area contributed by atoms with Gasteiger partial charge in [-0.1, -0.05) is 127 Å². The first-order valence-corrected chi connectivity index (χ1v) is 17.7. The third-order valence-corrected chi connectivity index (χ3v) is 10.5. The lowest BCUT2D eigenvalue weighted by Gasteiger charge is -2.13. The molecule has 0 spiro atoms. The summed E-state index contributed by atoms with van der Waals surface area (Å²) in [7, 11) is 0. The minimum atomic E-state index is 0.692. The molecule has 0 aliphatic carbocycles. The summed E-state index contributed by atoms with van der Waals surface area (Å²) in [6.45, 7) is 0. The lowest BCUT2D eigenvalue weighted by atomic mass is 10.0. The van der Waals surface area contributed by atoms with E-state index >= 15 is 0 Å². The Bertz CT molecular complexity index is 3090. The van der Waals surface area contributed by atoms with Gasteiger partial charge in [0.2, 0.25) is 0 Å². The molecule has 4 nitrogen and oxygen atoms in total. The third-order valence-electron chi connectivity index (χ3n) is 10.5. The maximum Gasteiger partial charge on any atom is 0.162 e. The van der Waals surface area contributed by atoms with Crippen molar-refractivity contribution >= 4 is 65.2 Å². The molecule has 8 aromatic carbocycles. The van der Waals surface area contributed by atoms with E-state index in [-0.39, 0.29) is 0 Å². The van der Waals surface area contributed by atoms with Crippen LogP contribution in [0.1, 0.15) is 0 Å². The van der Waals surface area contributed by atoms with E-state index in [1.165, 1.54) is 43.2 Å². The molecule has 0 saturated carbocycles. The van der Waals surface area contributed by atoms with E-state index in [1.807, 2.05) is 0 Å². The van der Waals surface area contributed by atoms with E-state index in [1.54, 1.807) is 0 Å². The van der Waals surface area contributed by atoms with Crippen LogP contribution < -0.4 is 0 Å². The summed E-state index contributed by atoms with van der Waals surface area (Å²) in [6, 6.07) is 64.9. The lowest BCUT2D eigenvalue weighted by molar-refractivity contribution is 1.05. The van der Waals surface area contributed by atoms with E-state index in [0.717, 1.165) is 50.3 Å². The number of aromatic nitrogens is 4. The summed E-state index contributed by atoms with van der Waals surface area (Å²) in [5.41, 5.74) is 8.59. The molecule has 52 heavy (non-hydrogen) atoms. The van der Waals surface area contributed by atoms with Crippen molar-refractivity contribution in [2.45, 2.75) is 0 Å². The minimum absolute atomic E-state index is 0.692. The van der Waals surface area contributed by atoms with Gasteiger partial charge in [0, 0.05) is 44.4 Å². The topological polar surface area (TPSA) is 35.6 Å². The number of nitrogens with zero attached hydrogens (tertiary/aromatic N) is 4. The SMILES string of the molecule is c1ccc(-n2c3ccccc3c3cc4c5ccccc5n(-c5cc(-c6ccc7ccccc7c6)nc(-c6ccc7ccccc7c6)n5)c4cc32)cc1. The molecule has 3 heterocycles. The number of benzene rings is 8. The largest absolute Gasteiger partial charge is 0.309 e. The van der Waals surface area contributed by atoms with Gasteiger partial charge in [-0.2, -0.15) is 0 Å². The summed E-state index contributed by atoms with van der Waals surface area (Å²) in [6.07, 6.45) is 0. The normalized spacial score (nSPS) is 11.8. The fourth-order valence-corrected chi connectivity index (χ4v) is 8.04. The quantitative estimate of drug-likeness (QED) is 0.188. The van der Waals surface area contributed by atoms with Gasteiger partial charge in [0.25, 0.3) is 0 Å². The van der Waals surface area contributed by atoms with Gasteiger partial charge in [-0.15, -0.1) is 0 Å². The van der Waals surface area contributed by atoms with Gasteiger partial charge in [0.15, 0.2) is 5.82 Å². The summed E-state index contributed by atoms with van der Waals surface area (Å²) in [5, 5.41) is 9.58. The molecule has 0 N–H and O–H groups in total. The molecule has 3 aromatic heterocycles. The number of para-hydroxylation sites is 3. The second-order valence-electron chi connectivity index (χ2n) is 13.5. The molecular weight excluding hydrogens is 633 g/mol. The number of rotatable bonds is 4. The zero-order valence-corrected chi connectivity index (χ0v) is 28.1. The molecule has 11 rings (SSSR count). The van der Waals surface area contributed by atoms with Crippen LogP contribution in [0.2, 0.25) is 0 Å². The number of hydrogen-bond donors (Lipinski definition) is 0. The summed E-state index contributed by atoms with van der Waals surface area (Å²) in [5.74, 6) is 1.52. The average Bonchev–Trinajstić information content (AvgIpc) is 3.71. The van der Waals surface area contributed by atoms with Crippen LogP contribution in [0.25, 0.3) is 99.3 Å². The van der Waals surface area contributed by atoms with Crippen molar-refractivity contribution < 1.29 is 0 Å². The molecule has 0 saturated heterocycles. The van der Waals surface area contributed by atoms with Crippen LogP contribution in [-0.4, -0.2) is 19.1 Å². The van der Waals surface area contributed by atoms with Crippen LogP contribution in [0.3, 0.4) is 0 Å². The monoisotopic (exact) mass is 662 g/mol. The molecular formula is C48H30N4. The van der Waals surface area contributed by atoms with Gasteiger partial charge < -0.3 is 4.57 Å². The molecule has 0 aliphatic heterocycles. The Labute approximate surface area is 299 Å². The van der Waals surface area contributed by atoms with E-state index < -0.39 is 0 Å². The maximum atomic E-state index is 5.39. The first kappa shape index (κ1) is 28.8. The predicted molar refractivity (Wildman–Crippen MR) is 217 cm³/mol. The third kappa shape index (κ3) is 4.41. The summed E-state index contributed by atoms with van der Waals surface area (Å²) >= 11 is 0. The molecule has 0 amide bonds. The Kier molecular flexibility index (Phi) is 6.22. The van der Waals surface area contributed by atoms with Gasteiger partial charge in [-0.3, -0.25) is 4.57 Å². The van der Waals surface area contributed by atoms with E-state index in [9.17, 15) is 0 Å². The van der Waals surface area contributed by atoms with E-state index in [0.29, 0.717) is 5.82 Å². The Balaban J connectivity index is 1.23. The zero-order valence-electron chi connectivity index (χ0n) is 28.1. The van der Waals surface area contributed by atoms with Crippen molar-refractivity contribution in [3.8, 4) is 34.2 Å². The Morgan fingerprint density at radius 2 is 0.865 bits per heavy atom. The molecule has 242 valence electrons. The standard InChI is InChI=1S/C48H30N4/c1-2-16-37(17-3-1)51-43-20-10-8-18-38(43)40-28-41-39-19-9-11-21-44(39)52(46(41)30-45(40)51)47-29-42(35-24-22-31-12-4-6-14-33(31)26-35)49-48(50-47)36-25-23-32-13-5-7-15-34(32)27-36/h1-30H. The Hall–Kier alpha value is -7.04. The van der Waals surface area contributed by atoms with Crippen molar-refractivity contribution in [3.05, 3.63) is 182 Å². The highest BCUT2D eigenvalue weighted by Gasteiger charge is 2.20. The fourth-order valence-electron chi connectivity index (χ4n) is 8.04. The molecule has 11 aromatic rings. The van der Waals surface area contributed by atoms with Crippen LogP contribution in [-0.2, 0) is 0 Å². The van der Waals surface area contributed by atoms with Gasteiger partial charge >= 0.3 is 0 Å². The first-order valence-electron chi connectivity index (χ1n) is 17.7. The van der Waals surface area contributed by atoms with Gasteiger partial charge in [0.1, 0.15) is 5.82 Å². The van der Waals surface area contributed by atoms with Crippen molar-refractivity contribution in [3.63, 3.8) is 0 Å². The average molecular weight is 663 g/mol. The molecule has 0 aliphatic rings. The second-order valence-corrected chi connectivity index (χ2v) is 13.5. The summed E-state index contributed by atoms with van der Waals surface area (Å²) < 4.78 is 4.71. The number of fused-ring (bicyclic) bond motifs is 8. The van der Waals surface area contributed by atoms with E-state index in [2.05, 4.69) is 191 Å². The van der Waals surface area contributed by atoms with E-state index in [4.69, 9.17) is 9.97 Å². The lowest BCUT2D eigenvalue weighted by Crippen LogP contribution is -2.03.